The zero-order chi connectivity index (χ0) is 65.9. The van der Waals surface area contributed by atoms with Gasteiger partial charge in [0.1, 0.15) is 11.9 Å². The summed E-state index contributed by atoms with van der Waals surface area (Å²) in [7, 11) is 0. The fraction of sp³-hybridized carbons (Fsp3) is 0.563. The first-order chi connectivity index (χ1) is 43.0. The van der Waals surface area contributed by atoms with Crippen LogP contribution in [0.3, 0.4) is 0 Å². The van der Waals surface area contributed by atoms with Crippen LogP contribution in [0.2, 0.25) is 0 Å². The highest BCUT2D eigenvalue weighted by atomic mass is 16.5. The van der Waals surface area contributed by atoms with Crippen LogP contribution in [0.25, 0.3) is 0 Å². The number of carbonyl (C=O) groups is 11. The molecule has 20 heteroatoms. The van der Waals surface area contributed by atoms with Crippen molar-refractivity contribution in [2.24, 2.45) is 93.7 Å². The molecule has 6 aliphatic carbocycles. The van der Waals surface area contributed by atoms with Crippen LogP contribution in [0.15, 0.2) is 66.2 Å². The Hall–Kier alpha value is -8.03. The molecule has 6 fully saturated rings. The third kappa shape index (κ3) is 12.7. The number of imide groups is 1. The maximum atomic E-state index is 15.0. The number of aryl methyl sites for hydroxylation is 2. The van der Waals surface area contributed by atoms with E-state index < -0.39 is 131 Å². The summed E-state index contributed by atoms with van der Waals surface area (Å²) in [5.74, 6) is -17.7. The lowest BCUT2D eigenvalue weighted by Crippen LogP contribution is -2.51. The third-order valence-electron chi connectivity index (χ3n) is 22.9. The number of anilines is 4. The molecule has 5 saturated carbocycles. The van der Waals surface area contributed by atoms with Crippen molar-refractivity contribution in [1.29, 1.82) is 0 Å². The molecule has 16 atom stereocenters. The normalized spacial score (nSPS) is 30.9. The Morgan fingerprint density at radius 2 is 1.32 bits per heavy atom. The number of carbonyl (C=O) groups excluding carboxylic acids is 7. The Morgan fingerprint density at radius 1 is 0.681 bits per heavy atom. The Bertz CT molecular complexity index is 3520. The maximum absolute atomic E-state index is 15.0. The summed E-state index contributed by atoms with van der Waals surface area (Å²) in [6.07, 6.45) is 11.5. The minimum absolute atomic E-state index is 0.0699. The van der Waals surface area contributed by atoms with E-state index >= 15 is 4.79 Å². The number of ketones is 1. The van der Waals surface area contributed by atoms with E-state index in [1.54, 1.807) is 13.8 Å². The minimum Gasteiger partial charge on any atom is -0.481 e. The Labute approximate surface area is 530 Å². The van der Waals surface area contributed by atoms with Crippen molar-refractivity contribution >= 4 is 87.9 Å². The van der Waals surface area contributed by atoms with Crippen molar-refractivity contribution in [3.8, 4) is 0 Å². The van der Waals surface area contributed by atoms with Gasteiger partial charge < -0.3 is 41.1 Å². The predicted octanol–water partition coefficient (Wildman–Crippen LogP) is 11.6. The van der Waals surface area contributed by atoms with Crippen molar-refractivity contribution in [3.05, 3.63) is 94.1 Å². The summed E-state index contributed by atoms with van der Waals surface area (Å²) in [5.41, 5.74) is 2.21. The van der Waals surface area contributed by atoms with Gasteiger partial charge in [0.05, 0.1) is 57.7 Å². The van der Waals surface area contributed by atoms with Crippen LogP contribution in [0.5, 0.6) is 0 Å². The highest BCUT2D eigenvalue weighted by molar-refractivity contribution is 6.22. The number of piperidine rings is 1. The molecule has 1 heterocycles. The summed E-state index contributed by atoms with van der Waals surface area (Å²) in [6, 6.07) is 12.3. The van der Waals surface area contributed by atoms with Gasteiger partial charge in [-0.2, -0.15) is 0 Å². The Morgan fingerprint density at radius 3 is 1.95 bits per heavy atom. The number of aliphatic carboxylic acids is 3. The van der Waals surface area contributed by atoms with Gasteiger partial charge in [0.2, 0.25) is 23.6 Å². The second kappa shape index (κ2) is 25.9. The topological polar surface area (TPSA) is 317 Å². The van der Waals surface area contributed by atoms with Gasteiger partial charge in [0.15, 0.2) is 0 Å². The number of carboxylic acid groups (broad SMARTS) is 4. The molecule has 5 amide bonds. The molecule has 20 nitrogen and oxygen atoms in total. The van der Waals surface area contributed by atoms with Gasteiger partial charge in [-0.05, 0) is 202 Å². The standard InChI is InChI=1S/C71H86N4O16/c1-34(2)10-9-11-35(3)53-19-20-54-45-18-12-40-30-44(22-24-70(40,7)55(45)23-25-71(53,54)8)91-69(90)50-31-43(17-21-56(50)74-63(82)59-46(38(6)76)28-39(29-57(77)78)47(59)33-58(79)80)75-65(84)51-32-52(66(75)85)61(68(88)89)60(51)64(83)73-42-15-13-41(14-16-42)72-62(81)48-26-36(4)37(5)27-49(48)67(86)87/h12-17,21,26-27,31,34-35,39,44-47,51-55,59-61H,9-11,18-20,22-25,28-30,32-33H2,1-8H3,(H,72,81)(H,73,83)(H,74,82)(H,77,78)(H,79,80)(H,86,87)(H,88,89). The minimum atomic E-state index is -1.68. The van der Waals surface area contributed by atoms with Crippen LogP contribution in [0.4, 0.5) is 22.7 Å². The number of nitrogens with zero attached hydrogens (tertiary/aromatic N) is 1. The highest BCUT2D eigenvalue weighted by Gasteiger charge is 2.63. The smallest absolute Gasteiger partial charge is 0.340 e. The van der Waals surface area contributed by atoms with E-state index in [2.05, 4.69) is 56.6 Å². The average molecular weight is 1250 g/mol. The molecule has 7 N–H and O–H groups in total. The molecule has 2 bridgehead atoms. The first-order valence-electron chi connectivity index (χ1n) is 32.5. The molecule has 91 heavy (non-hydrogen) atoms. The summed E-state index contributed by atoms with van der Waals surface area (Å²) in [4.78, 5) is 150. The average Bonchev–Trinajstić information content (AvgIpc) is 1.71. The van der Waals surface area contributed by atoms with Crippen LogP contribution < -0.4 is 20.9 Å². The van der Waals surface area contributed by atoms with Crippen LogP contribution in [-0.2, 0) is 43.1 Å². The fourth-order valence-electron chi connectivity index (χ4n) is 18.3. The number of aromatic carboxylic acids is 1. The molecule has 3 aromatic rings. The lowest BCUT2D eigenvalue weighted by atomic mass is 9.47. The first kappa shape index (κ1) is 65.9. The van der Waals surface area contributed by atoms with E-state index in [-0.39, 0.29) is 63.1 Å². The van der Waals surface area contributed by atoms with Gasteiger partial charge in [-0.1, -0.05) is 65.5 Å². The van der Waals surface area contributed by atoms with Crippen molar-refractivity contribution in [3.63, 3.8) is 0 Å². The first-order valence-corrected chi connectivity index (χ1v) is 32.5. The molecule has 0 spiro atoms. The number of benzene rings is 3. The molecule has 1 aliphatic heterocycles. The summed E-state index contributed by atoms with van der Waals surface area (Å²) >= 11 is 0. The number of hydrogen-bond donors (Lipinski definition) is 7. The van der Waals surface area contributed by atoms with Crippen molar-refractivity contribution in [2.75, 3.05) is 20.9 Å². The van der Waals surface area contributed by atoms with Crippen LogP contribution in [-0.4, -0.2) is 91.7 Å². The quantitative estimate of drug-likeness (QED) is 0.0296. The number of esters is 1. The van der Waals surface area contributed by atoms with Crippen LogP contribution >= 0.6 is 0 Å². The number of ether oxygens (including phenoxy) is 1. The predicted molar refractivity (Wildman–Crippen MR) is 336 cm³/mol. The molecule has 3 aromatic carbocycles. The Kier molecular flexibility index (Phi) is 18.8. The second-order valence-corrected chi connectivity index (χ2v) is 28.5. The molecule has 0 aromatic heterocycles. The molecular formula is C71H86N4O16. The van der Waals surface area contributed by atoms with E-state index in [4.69, 9.17) is 4.74 Å². The van der Waals surface area contributed by atoms with Gasteiger partial charge in [0, 0.05) is 36.6 Å². The van der Waals surface area contributed by atoms with Gasteiger partial charge in [-0.25, -0.2) is 9.59 Å². The third-order valence-corrected chi connectivity index (χ3v) is 22.9. The van der Waals surface area contributed by atoms with Crippen molar-refractivity contribution in [2.45, 2.75) is 158 Å². The molecule has 16 unspecified atom stereocenters. The monoisotopic (exact) mass is 1250 g/mol. The molecular weight excluding hydrogens is 1160 g/mol. The van der Waals surface area contributed by atoms with Gasteiger partial charge in [0.25, 0.3) is 5.91 Å². The largest absolute Gasteiger partial charge is 0.481 e. The molecule has 7 aliphatic rings. The van der Waals surface area contributed by atoms with Gasteiger partial charge >= 0.3 is 29.8 Å². The number of carboxylic acids is 4. The van der Waals surface area contributed by atoms with Crippen LogP contribution in [0.1, 0.15) is 180 Å². The molecule has 1 saturated heterocycles. The second-order valence-electron chi connectivity index (χ2n) is 28.5. The van der Waals surface area contributed by atoms with Crippen LogP contribution in [0, 0.1) is 108 Å². The molecule has 486 valence electrons. The van der Waals surface area contributed by atoms with E-state index in [1.807, 2.05) is 0 Å². The number of nitrogens with one attached hydrogen (secondary N) is 3. The van der Waals surface area contributed by atoms with E-state index in [1.165, 1.54) is 106 Å². The summed E-state index contributed by atoms with van der Waals surface area (Å²) in [5, 5.41) is 48.3. The lowest BCUT2D eigenvalue weighted by Gasteiger charge is -2.58. The summed E-state index contributed by atoms with van der Waals surface area (Å²) in [6.45, 7) is 16.7. The number of hydrogen-bond acceptors (Lipinski definition) is 12. The fourth-order valence-corrected chi connectivity index (χ4v) is 18.3. The SMILES string of the molecule is CC(=O)C1CC(CC(=O)O)C(CC(=O)O)C1C(=O)Nc1ccc(N2C(=O)C3CC(C2=O)C(C(=O)Nc2ccc(NC(=O)c4cc(C)c(C)cc4C(=O)O)cc2)C3C(=O)O)cc1C(=O)OC1CCC2(C)C(=CCC3C2CCC2(C)C(C(C)CCCC(C)C)CCC32)C1. The number of rotatable bonds is 21. The lowest BCUT2D eigenvalue weighted by molar-refractivity contribution is -0.148. The Balaban J connectivity index is 0.907. The maximum Gasteiger partial charge on any atom is 0.340 e. The van der Waals surface area contributed by atoms with Gasteiger partial charge in [-0.3, -0.25) is 48.1 Å². The number of allylic oxidation sites excluding steroid dienone is 1. The zero-order valence-corrected chi connectivity index (χ0v) is 53.2. The van der Waals surface area contributed by atoms with Crippen molar-refractivity contribution in [1.82, 2.24) is 0 Å². The van der Waals surface area contributed by atoms with Crippen molar-refractivity contribution < 1.29 is 77.9 Å². The molecule has 0 radical (unpaired) electrons. The number of amides is 5. The molecule has 10 rings (SSSR count). The van der Waals surface area contributed by atoms with E-state index in [0.29, 0.717) is 59.5 Å². The highest BCUT2D eigenvalue weighted by Crippen LogP contribution is 2.67. The zero-order valence-electron chi connectivity index (χ0n) is 53.2. The number of fused-ring (bicyclic) bond motifs is 7. The van der Waals surface area contributed by atoms with Gasteiger partial charge in [-0.15, -0.1) is 0 Å². The van der Waals surface area contributed by atoms with E-state index in [0.717, 1.165) is 24.2 Å². The van der Waals surface area contributed by atoms with E-state index in [9.17, 15) is 68.4 Å². The number of Topliss-reactive ketones (excluding diaryl/α,β-unsaturated/α-hetero) is 1. The summed E-state index contributed by atoms with van der Waals surface area (Å²) < 4.78 is 6.40.